The third-order valence-electron chi connectivity index (χ3n) is 8.20. The first-order chi connectivity index (χ1) is 33.3. The molecule has 18 nitrogen and oxygen atoms in total. The van der Waals surface area contributed by atoms with Crippen LogP contribution >= 0.6 is 34.8 Å². The van der Waals surface area contributed by atoms with Crippen LogP contribution in [0.4, 0.5) is 0 Å². The molecule has 0 bridgehead atoms. The molecule has 0 radical (unpaired) electrons. The van der Waals surface area contributed by atoms with Crippen LogP contribution in [0.2, 0.25) is 15.1 Å². The van der Waals surface area contributed by atoms with Gasteiger partial charge in [0.1, 0.15) is 25.6 Å². The lowest BCUT2D eigenvalue weighted by Crippen LogP contribution is -2.08. The van der Waals surface area contributed by atoms with E-state index >= 15 is 0 Å². The molecule has 352 valence electrons. The van der Waals surface area contributed by atoms with E-state index in [9.17, 15) is 14.4 Å². The molecule has 0 aliphatic heterocycles. The number of esters is 2. The number of aliphatic hydroxyl groups excluding tert-OH is 1. The molecule has 0 saturated heterocycles. The summed E-state index contributed by atoms with van der Waals surface area (Å²) >= 11 is 17.7. The fourth-order valence-corrected chi connectivity index (χ4v) is 5.74. The molecule has 0 aliphatic carbocycles. The van der Waals surface area contributed by atoms with Crippen molar-refractivity contribution in [3.63, 3.8) is 0 Å². The molecule has 5 aromatic heterocycles. The molecule has 0 amide bonds. The van der Waals surface area contributed by atoms with E-state index in [1.54, 1.807) is 86.9 Å². The second-order valence-electron chi connectivity index (χ2n) is 13.9. The first-order valence-electron chi connectivity index (χ1n) is 20.4. The summed E-state index contributed by atoms with van der Waals surface area (Å²) in [5.41, 5.74) is 3.79. The maximum absolute atomic E-state index is 11.7. The van der Waals surface area contributed by atoms with Gasteiger partial charge in [-0.3, -0.25) is 9.97 Å². The highest BCUT2D eigenvalue weighted by Crippen LogP contribution is 2.21. The van der Waals surface area contributed by atoms with Crippen LogP contribution in [-0.2, 0) is 37.1 Å². The summed E-state index contributed by atoms with van der Waals surface area (Å²) in [5.74, 6) is -0.397. The zero-order valence-corrected chi connectivity index (χ0v) is 39.0. The van der Waals surface area contributed by atoms with Crippen molar-refractivity contribution in [3.8, 4) is 34.2 Å². The van der Waals surface area contributed by atoms with Crippen LogP contribution in [0.15, 0.2) is 159 Å². The number of aromatic nitrogens is 11. The summed E-state index contributed by atoms with van der Waals surface area (Å²) in [4.78, 5) is 53.7. The summed E-state index contributed by atoms with van der Waals surface area (Å²) in [7, 11) is 0. The summed E-state index contributed by atoms with van der Waals surface area (Å²) in [6, 6.07) is 32.5. The number of carbonyl (C=O) groups excluding carboxylic acids is 2. The standard InChI is InChI=1S/C17H13ClN4O2.C14H14ClN3O2.C11H8ClN3O2.C6H7NO/c18-14-5-3-4-13(10-14)17-20-12-22(21-17)9-7-16(23)24-11-15-6-1-2-8-19-15;1-10(2)20-13(19)6-7-18-9-16-14(17-18)11-4-3-5-12(15)8-11;12-9-3-1-2-8(6-9)11-13-7-15(14-11)5-4-10(16)17;8-5-6-3-1-2-4-7-6/h1-10,12H,11H2;3-10H,1-2H3;1-7H,(H,16,17);1-4,8H,5H2/b9-7-;7-6-;5-4-;. The maximum atomic E-state index is 11.7. The SMILES string of the molecule is CC(C)OC(=O)/C=C\n1cnc(-c2cccc(Cl)c2)n1.O=C(/C=C\n1cnc(-c2cccc(Cl)c2)n1)OCc1ccccn1.O=C(O)/C=C\n1cnc(-c2cccc(Cl)c2)n1.OCc1ccccn1. The van der Waals surface area contributed by atoms with Crippen LogP contribution in [0.25, 0.3) is 52.8 Å². The Kier molecular flexibility index (Phi) is 20.6. The van der Waals surface area contributed by atoms with Crippen LogP contribution in [0, 0.1) is 0 Å². The lowest BCUT2D eigenvalue weighted by atomic mass is 10.2. The van der Waals surface area contributed by atoms with Gasteiger partial charge in [-0.05, 0) is 74.5 Å². The van der Waals surface area contributed by atoms with Gasteiger partial charge in [-0.1, -0.05) is 83.3 Å². The van der Waals surface area contributed by atoms with Crippen molar-refractivity contribution in [1.29, 1.82) is 0 Å². The number of ether oxygens (including phenoxy) is 2. The van der Waals surface area contributed by atoms with Crippen molar-refractivity contribution in [2.45, 2.75) is 33.2 Å². The Balaban J connectivity index is 0.000000181. The number of halogens is 3. The largest absolute Gasteiger partial charge is 0.478 e. The monoisotopic (exact) mass is 989 g/mol. The number of carboxylic acids is 1. The number of hydrogen-bond donors (Lipinski definition) is 2. The van der Waals surface area contributed by atoms with Gasteiger partial charge in [-0.25, -0.2) is 43.4 Å². The molecule has 21 heteroatoms. The Morgan fingerprint density at radius 1 is 0.565 bits per heavy atom. The number of nitrogens with zero attached hydrogens (tertiary/aromatic N) is 11. The molecule has 69 heavy (non-hydrogen) atoms. The number of hydrogen-bond acceptors (Lipinski definition) is 14. The van der Waals surface area contributed by atoms with Crippen molar-refractivity contribution in [2.75, 3.05) is 0 Å². The number of aliphatic hydroxyl groups is 1. The molecule has 8 aromatic rings. The van der Waals surface area contributed by atoms with Crippen molar-refractivity contribution in [2.24, 2.45) is 0 Å². The highest BCUT2D eigenvalue weighted by atomic mass is 35.5. The minimum atomic E-state index is -1.04. The summed E-state index contributed by atoms with van der Waals surface area (Å²) in [6.07, 6.45) is 15.4. The molecule has 0 unspecified atom stereocenters. The van der Waals surface area contributed by atoms with E-state index in [1.165, 1.54) is 63.8 Å². The van der Waals surface area contributed by atoms with E-state index in [0.29, 0.717) is 43.9 Å². The second kappa shape index (κ2) is 27.5. The van der Waals surface area contributed by atoms with E-state index in [4.69, 9.17) is 54.5 Å². The molecule has 5 heterocycles. The lowest BCUT2D eigenvalue weighted by Gasteiger charge is -2.03. The predicted molar refractivity (Wildman–Crippen MR) is 260 cm³/mol. The van der Waals surface area contributed by atoms with Crippen LogP contribution in [0.3, 0.4) is 0 Å². The topological polar surface area (TPSA) is 228 Å². The molecule has 3 aromatic carbocycles. The number of benzene rings is 3. The van der Waals surface area contributed by atoms with Gasteiger partial charge in [0.05, 0.1) is 24.1 Å². The maximum Gasteiger partial charge on any atom is 0.332 e. The Bertz CT molecular complexity index is 2980. The Morgan fingerprint density at radius 2 is 0.986 bits per heavy atom. The number of carbonyl (C=O) groups is 3. The van der Waals surface area contributed by atoms with Crippen LogP contribution in [-0.4, -0.2) is 88.5 Å². The van der Waals surface area contributed by atoms with Crippen molar-refractivity contribution < 1.29 is 34.1 Å². The Labute approximate surface area is 410 Å². The fourth-order valence-electron chi connectivity index (χ4n) is 5.17. The minimum Gasteiger partial charge on any atom is -0.478 e. The third-order valence-corrected chi connectivity index (χ3v) is 8.90. The molecular formula is C48H42Cl3N11O7. The third kappa shape index (κ3) is 18.9. The molecule has 0 saturated carbocycles. The molecule has 0 fully saturated rings. The Morgan fingerprint density at radius 3 is 1.35 bits per heavy atom. The van der Waals surface area contributed by atoms with Gasteiger partial charge < -0.3 is 19.7 Å². The molecule has 0 aliphatic rings. The number of aliphatic carboxylic acids is 1. The zero-order valence-electron chi connectivity index (χ0n) is 36.7. The Hall–Kier alpha value is -8.16. The van der Waals surface area contributed by atoms with Crippen molar-refractivity contribution in [1.82, 2.24) is 54.3 Å². The van der Waals surface area contributed by atoms with Gasteiger partial charge in [0, 0.05) is 81.0 Å². The predicted octanol–water partition coefficient (Wildman–Crippen LogP) is 8.96. The number of pyridine rings is 2. The first kappa shape index (κ1) is 51.8. The van der Waals surface area contributed by atoms with Gasteiger partial charge in [-0.2, -0.15) is 0 Å². The van der Waals surface area contributed by atoms with E-state index < -0.39 is 17.9 Å². The van der Waals surface area contributed by atoms with Crippen molar-refractivity contribution >= 4 is 71.3 Å². The number of rotatable bonds is 13. The van der Waals surface area contributed by atoms with Gasteiger partial charge >= 0.3 is 17.9 Å². The lowest BCUT2D eigenvalue weighted by molar-refractivity contribution is -0.141. The first-order valence-corrected chi connectivity index (χ1v) is 21.5. The van der Waals surface area contributed by atoms with Gasteiger partial charge in [0.15, 0.2) is 17.5 Å². The van der Waals surface area contributed by atoms with Crippen molar-refractivity contribution in [3.05, 3.63) is 185 Å². The zero-order chi connectivity index (χ0) is 49.4. The van der Waals surface area contributed by atoms with E-state index in [1.807, 2.05) is 48.5 Å². The number of carboxylic acid groups (broad SMARTS) is 1. The highest BCUT2D eigenvalue weighted by Gasteiger charge is 2.07. The molecule has 0 atom stereocenters. The van der Waals surface area contributed by atoms with E-state index in [-0.39, 0.29) is 19.3 Å². The summed E-state index contributed by atoms with van der Waals surface area (Å²) < 4.78 is 14.3. The fraction of sp³-hybridized carbons (Fsp3) is 0.104. The van der Waals surface area contributed by atoms with Crippen LogP contribution < -0.4 is 0 Å². The van der Waals surface area contributed by atoms with E-state index in [2.05, 4.69) is 40.2 Å². The smallest absolute Gasteiger partial charge is 0.332 e. The molecule has 0 spiro atoms. The van der Waals surface area contributed by atoms with Gasteiger partial charge in [0.2, 0.25) is 0 Å². The average molecular weight is 991 g/mol. The quantitative estimate of drug-likeness (QED) is 0.0811. The average Bonchev–Trinajstić information content (AvgIpc) is 4.15. The minimum absolute atomic E-state index is 0.0286. The second-order valence-corrected chi connectivity index (χ2v) is 15.2. The molecule has 2 N–H and O–H groups in total. The van der Waals surface area contributed by atoms with Crippen LogP contribution in [0.1, 0.15) is 25.2 Å². The normalized spacial score (nSPS) is 10.8. The summed E-state index contributed by atoms with van der Waals surface area (Å²) in [6.45, 7) is 3.73. The van der Waals surface area contributed by atoms with E-state index in [0.717, 1.165) is 22.8 Å². The van der Waals surface area contributed by atoms with Gasteiger partial charge in [-0.15, -0.1) is 15.3 Å². The van der Waals surface area contributed by atoms with Gasteiger partial charge in [0.25, 0.3) is 0 Å². The highest BCUT2D eigenvalue weighted by molar-refractivity contribution is 6.31. The molecular weight excluding hydrogens is 949 g/mol. The molecule has 8 rings (SSSR count). The van der Waals surface area contributed by atoms with Crippen LogP contribution in [0.5, 0.6) is 0 Å². The summed E-state index contributed by atoms with van der Waals surface area (Å²) in [5, 5.41) is 31.3.